The van der Waals surface area contributed by atoms with Crippen molar-refractivity contribution in [2.75, 3.05) is 5.43 Å². The van der Waals surface area contributed by atoms with E-state index in [-0.39, 0.29) is 17.0 Å². The van der Waals surface area contributed by atoms with E-state index in [9.17, 15) is 9.59 Å². The number of hydrogen-bond donors (Lipinski definition) is 2. The van der Waals surface area contributed by atoms with Crippen LogP contribution in [0.3, 0.4) is 0 Å². The number of nitrogens with two attached hydrogens (primary N) is 1. The average Bonchev–Trinajstić information content (AvgIpc) is 2.51. The van der Waals surface area contributed by atoms with Gasteiger partial charge in [0.25, 0.3) is 5.56 Å². The number of hydrazine groups is 1. The molecule has 0 unspecified atom stereocenters. The van der Waals surface area contributed by atoms with Gasteiger partial charge in [-0.05, 0) is 29.8 Å². The Balaban J connectivity index is 2.12. The zero-order valence-corrected chi connectivity index (χ0v) is 11.8. The highest BCUT2D eigenvalue weighted by Crippen LogP contribution is 2.12. The van der Waals surface area contributed by atoms with Crippen molar-refractivity contribution in [1.29, 1.82) is 0 Å². The number of pyridine rings is 1. The molecule has 0 fully saturated rings. The summed E-state index contributed by atoms with van der Waals surface area (Å²) < 4.78 is 1.92. The first-order chi connectivity index (χ1) is 10.2. The van der Waals surface area contributed by atoms with Gasteiger partial charge in [0.1, 0.15) is 5.82 Å². The summed E-state index contributed by atoms with van der Waals surface area (Å²) in [5.74, 6) is 5.79. The molecular weight excluding hydrogens is 288 g/mol. The fourth-order valence-electron chi connectivity index (χ4n) is 2.08. The molecule has 0 bridgehead atoms. The van der Waals surface area contributed by atoms with E-state index in [0.29, 0.717) is 15.9 Å². The Morgan fingerprint density at radius 1 is 1.24 bits per heavy atom. The van der Waals surface area contributed by atoms with Gasteiger partial charge in [0.2, 0.25) is 0 Å². The van der Waals surface area contributed by atoms with Crippen molar-refractivity contribution >= 4 is 27.2 Å². The SMILES string of the molecule is NNc1cc(Cn2c(=O)sc3ccccc3c2=O)ccn1. The number of nitrogens with zero attached hydrogens (tertiary/aromatic N) is 2. The Labute approximate surface area is 123 Å². The van der Waals surface area contributed by atoms with Crippen LogP contribution in [0.5, 0.6) is 0 Å². The number of aromatic nitrogens is 2. The van der Waals surface area contributed by atoms with Crippen LogP contribution >= 0.6 is 11.3 Å². The highest BCUT2D eigenvalue weighted by Gasteiger charge is 2.08. The van der Waals surface area contributed by atoms with Crippen molar-refractivity contribution in [3.05, 3.63) is 68.2 Å². The van der Waals surface area contributed by atoms with Gasteiger partial charge in [0.05, 0.1) is 11.9 Å². The van der Waals surface area contributed by atoms with Crippen LogP contribution in [0.15, 0.2) is 52.2 Å². The number of fused-ring (bicyclic) bond motifs is 1. The Bertz CT molecular complexity index is 916. The molecule has 2 heterocycles. The third-order valence-corrected chi connectivity index (χ3v) is 4.06. The maximum atomic E-state index is 12.4. The maximum Gasteiger partial charge on any atom is 0.310 e. The molecule has 0 aliphatic carbocycles. The van der Waals surface area contributed by atoms with Crippen LogP contribution in [0.2, 0.25) is 0 Å². The summed E-state index contributed by atoms with van der Waals surface area (Å²) in [7, 11) is 0. The molecule has 0 radical (unpaired) electrons. The molecule has 21 heavy (non-hydrogen) atoms. The highest BCUT2D eigenvalue weighted by atomic mass is 32.1. The van der Waals surface area contributed by atoms with Gasteiger partial charge in [-0.25, -0.2) is 10.8 Å². The molecule has 0 saturated heterocycles. The number of rotatable bonds is 3. The van der Waals surface area contributed by atoms with Crippen LogP contribution in [-0.2, 0) is 6.54 Å². The lowest BCUT2D eigenvalue weighted by molar-refractivity contribution is 0.751. The van der Waals surface area contributed by atoms with Crippen molar-refractivity contribution < 1.29 is 0 Å². The minimum absolute atomic E-state index is 0.191. The lowest BCUT2D eigenvalue weighted by Gasteiger charge is -2.07. The quantitative estimate of drug-likeness (QED) is 0.559. The largest absolute Gasteiger partial charge is 0.310 e. The van der Waals surface area contributed by atoms with Gasteiger partial charge in [-0.2, -0.15) is 0 Å². The van der Waals surface area contributed by atoms with E-state index < -0.39 is 0 Å². The van der Waals surface area contributed by atoms with E-state index in [1.807, 2.05) is 6.07 Å². The van der Waals surface area contributed by atoms with Crippen LogP contribution in [0.4, 0.5) is 5.82 Å². The second kappa shape index (κ2) is 5.47. The lowest BCUT2D eigenvalue weighted by atomic mass is 10.2. The van der Waals surface area contributed by atoms with Crippen molar-refractivity contribution in [2.24, 2.45) is 5.84 Å². The Kier molecular flexibility index (Phi) is 3.51. The van der Waals surface area contributed by atoms with Crippen LogP contribution in [0.25, 0.3) is 10.1 Å². The molecule has 0 saturated carbocycles. The van der Waals surface area contributed by atoms with Crippen molar-refractivity contribution in [3.8, 4) is 0 Å². The molecular formula is C14H12N4O2S. The van der Waals surface area contributed by atoms with E-state index in [1.165, 1.54) is 4.57 Å². The van der Waals surface area contributed by atoms with Gasteiger partial charge in [-0.15, -0.1) is 0 Å². The van der Waals surface area contributed by atoms with Crippen molar-refractivity contribution in [3.63, 3.8) is 0 Å². The van der Waals surface area contributed by atoms with Gasteiger partial charge in [-0.3, -0.25) is 14.2 Å². The first kappa shape index (κ1) is 13.5. The molecule has 0 spiro atoms. The number of benzene rings is 1. The van der Waals surface area contributed by atoms with Gasteiger partial charge in [-0.1, -0.05) is 23.5 Å². The fourth-order valence-corrected chi connectivity index (χ4v) is 2.94. The molecule has 2 aromatic heterocycles. The zero-order chi connectivity index (χ0) is 14.8. The third kappa shape index (κ3) is 2.56. The predicted octanol–water partition coefficient (Wildman–Crippen LogP) is 1.15. The number of anilines is 1. The summed E-state index contributed by atoms with van der Waals surface area (Å²) >= 11 is 1.06. The van der Waals surface area contributed by atoms with Crippen LogP contribution in [-0.4, -0.2) is 9.55 Å². The summed E-state index contributed by atoms with van der Waals surface area (Å²) in [6.45, 7) is 0.191. The summed E-state index contributed by atoms with van der Waals surface area (Å²) in [6.07, 6.45) is 1.57. The van der Waals surface area contributed by atoms with Gasteiger partial charge < -0.3 is 5.43 Å². The molecule has 0 aliphatic rings. The molecule has 7 heteroatoms. The third-order valence-electron chi connectivity index (χ3n) is 3.09. The molecule has 106 valence electrons. The zero-order valence-electron chi connectivity index (χ0n) is 10.9. The minimum atomic E-state index is -0.284. The van der Waals surface area contributed by atoms with E-state index in [4.69, 9.17) is 5.84 Å². The van der Waals surface area contributed by atoms with E-state index in [0.717, 1.165) is 16.9 Å². The maximum absolute atomic E-state index is 12.4. The second-order valence-corrected chi connectivity index (χ2v) is 5.44. The molecule has 0 amide bonds. The molecule has 0 atom stereocenters. The second-order valence-electron chi connectivity index (χ2n) is 4.45. The van der Waals surface area contributed by atoms with Gasteiger partial charge in [0.15, 0.2) is 0 Å². The fraction of sp³-hybridized carbons (Fsp3) is 0.0714. The normalized spacial score (nSPS) is 10.7. The van der Waals surface area contributed by atoms with Gasteiger partial charge >= 0.3 is 4.87 Å². The van der Waals surface area contributed by atoms with Gasteiger partial charge in [0, 0.05) is 10.9 Å². The predicted molar refractivity (Wildman–Crippen MR) is 83.5 cm³/mol. The Hall–Kier alpha value is -2.51. The number of nitrogen functional groups attached to an aromatic ring is 1. The smallest absolute Gasteiger partial charge is 0.308 e. The molecule has 1 aromatic carbocycles. The standard InChI is InChI=1S/C14H12N4O2S/c15-17-12-7-9(5-6-16-12)8-18-13(19)10-3-1-2-4-11(10)21-14(18)20/h1-7H,8,15H2,(H,16,17). The molecule has 3 aromatic rings. The first-order valence-electron chi connectivity index (χ1n) is 6.23. The average molecular weight is 300 g/mol. The summed E-state index contributed by atoms with van der Waals surface area (Å²) in [5, 5.41) is 0.549. The number of nitrogens with one attached hydrogen (secondary N) is 1. The van der Waals surface area contributed by atoms with E-state index in [2.05, 4.69) is 10.4 Å². The molecule has 6 nitrogen and oxygen atoms in total. The summed E-state index contributed by atoms with van der Waals surface area (Å²) in [5.41, 5.74) is 2.93. The van der Waals surface area contributed by atoms with Crippen molar-refractivity contribution in [1.82, 2.24) is 9.55 Å². The lowest BCUT2D eigenvalue weighted by Crippen LogP contribution is -2.31. The van der Waals surface area contributed by atoms with Crippen LogP contribution in [0.1, 0.15) is 5.56 Å². The topological polar surface area (TPSA) is 90.0 Å². The van der Waals surface area contributed by atoms with E-state index >= 15 is 0 Å². The van der Waals surface area contributed by atoms with E-state index in [1.54, 1.807) is 36.5 Å². The molecule has 3 rings (SSSR count). The monoisotopic (exact) mass is 300 g/mol. The minimum Gasteiger partial charge on any atom is -0.308 e. The first-order valence-corrected chi connectivity index (χ1v) is 7.05. The Morgan fingerprint density at radius 3 is 2.86 bits per heavy atom. The molecule has 0 aliphatic heterocycles. The van der Waals surface area contributed by atoms with Crippen molar-refractivity contribution in [2.45, 2.75) is 6.54 Å². The summed E-state index contributed by atoms with van der Waals surface area (Å²) in [4.78, 5) is 28.3. The highest BCUT2D eigenvalue weighted by molar-refractivity contribution is 7.16. The Morgan fingerprint density at radius 2 is 2.05 bits per heavy atom. The van der Waals surface area contributed by atoms with Crippen LogP contribution < -0.4 is 21.7 Å². The summed E-state index contributed by atoms with van der Waals surface area (Å²) in [6, 6.07) is 10.5. The molecule has 3 N–H and O–H groups in total. The number of hydrogen-bond acceptors (Lipinski definition) is 6. The van der Waals surface area contributed by atoms with Crippen LogP contribution in [0, 0.1) is 0 Å².